The molecule has 1 unspecified atom stereocenters. The zero-order valence-electron chi connectivity index (χ0n) is 24.2. The van der Waals surface area contributed by atoms with Gasteiger partial charge >= 0.3 is 5.97 Å². The number of nitrogens with two attached hydrogens (primary N) is 1. The molecule has 0 bridgehead atoms. The van der Waals surface area contributed by atoms with E-state index in [1.54, 1.807) is 25.1 Å². The van der Waals surface area contributed by atoms with Crippen LogP contribution in [0.2, 0.25) is 0 Å². The number of hydrogen-bond acceptors (Lipinski definition) is 6. The van der Waals surface area contributed by atoms with Gasteiger partial charge in [0.1, 0.15) is 17.2 Å². The van der Waals surface area contributed by atoms with E-state index >= 15 is 0 Å². The number of benzene rings is 2. The van der Waals surface area contributed by atoms with Crippen molar-refractivity contribution in [3.63, 3.8) is 0 Å². The normalized spacial score (nSPS) is 15.0. The Morgan fingerprint density at radius 1 is 1.07 bits per heavy atom. The third-order valence-electron chi connectivity index (χ3n) is 7.94. The maximum Gasteiger partial charge on any atom is 0.326 e. The molecule has 1 aliphatic carbocycles. The molecular formula is C33H40FN3O4. The first-order valence-electron chi connectivity index (χ1n) is 14.5. The van der Waals surface area contributed by atoms with E-state index < -0.39 is 22.7 Å². The molecule has 2 aromatic carbocycles. The number of nitrogens with zero attached hydrogens (tertiary/aromatic N) is 1. The van der Waals surface area contributed by atoms with Crippen LogP contribution in [-0.4, -0.2) is 34.5 Å². The van der Waals surface area contributed by atoms with Gasteiger partial charge in [-0.3, -0.25) is 19.0 Å². The minimum atomic E-state index is -0.635. The molecule has 4 rings (SSSR count). The maximum atomic E-state index is 14.5. The lowest BCUT2D eigenvalue weighted by molar-refractivity contribution is -0.156. The van der Waals surface area contributed by atoms with E-state index in [1.165, 1.54) is 28.8 Å². The van der Waals surface area contributed by atoms with Crippen LogP contribution >= 0.6 is 0 Å². The van der Waals surface area contributed by atoms with Gasteiger partial charge in [0.15, 0.2) is 5.78 Å². The Labute approximate surface area is 240 Å². The number of ketones is 1. The zero-order valence-corrected chi connectivity index (χ0v) is 24.2. The number of nitrogens with one attached hydrogen (secondary N) is 1. The molecule has 3 aromatic rings. The van der Waals surface area contributed by atoms with Crippen molar-refractivity contribution in [2.45, 2.75) is 83.8 Å². The summed E-state index contributed by atoms with van der Waals surface area (Å²) in [6, 6.07) is 14.3. The molecule has 218 valence electrons. The number of hydrogen-bond donors (Lipinski definition) is 2. The van der Waals surface area contributed by atoms with Gasteiger partial charge < -0.3 is 15.8 Å². The Balaban J connectivity index is 1.45. The highest BCUT2D eigenvalue weighted by molar-refractivity contribution is 6.11. The van der Waals surface area contributed by atoms with E-state index in [0.717, 1.165) is 50.5 Å². The smallest absolute Gasteiger partial charge is 0.326 e. The summed E-state index contributed by atoms with van der Waals surface area (Å²) < 4.78 is 21.5. The SMILES string of the molecule is CCCCC(C)OC(=O)C1(NCCc2ccc(-n3c(N)c(C(=O)c4ccc(C)cc4F)ccc3=O)cc2)CCCC1. The van der Waals surface area contributed by atoms with E-state index in [2.05, 4.69) is 12.2 Å². The van der Waals surface area contributed by atoms with E-state index in [4.69, 9.17) is 10.5 Å². The number of anilines is 1. The number of carbonyl (C=O) groups is 2. The van der Waals surface area contributed by atoms with Crippen LogP contribution in [0.1, 0.15) is 85.8 Å². The predicted molar refractivity (Wildman–Crippen MR) is 159 cm³/mol. The first kappa shape index (κ1) is 30.2. The predicted octanol–water partition coefficient (Wildman–Crippen LogP) is 5.67. The number of ether oxygens (including phenoxy) is 1. The summed E-state index contributed by atoms with van der Waals surface area (Å²) in [5.74, 6) is -1.42. The van der Waals surface area contributed by atoms with E-state index in [-0.39, 0.29) is 29.0 Å². The van der Waals surface area contributed by atoms with E-state index in [9.17, 15) is 18.8 Å². The number of nitrogen functional groups attached to an aromatic ring is 1. The minimum Gasteiger partial charge on any atom is -0.461 e. The maximum absolute atomic E-state index is 14.5. The molecule has 0 spiro atoms. The van der Waals surface area contributed by atoms with Crippen LogP contribution in [0, 0.1) is 12.7 Å². The zero-order chi connectivity index (χ0) is 29.6. The summed E-state index contributed by atoms with van der Waals surface area (Å²) in [6.07, 6.45) is 7.10. The van der Waals surface area contributed by atoms with Crippen LogP contribution in [0.4, 0.5) is 10.2 Å². The van der Waals surface area contributed by atoms with Crippen LogP contribution in [0.25, 0.3) is 5.69 Å². The fourth-order valence-electron chi connectivity index (χ4n) is 5.50. The molecule has 1 aromatic heterocycles. The fourth-order valence-corrected chi connectivity index (χ4v) is 5.50. The Bertz CT molecular complexity index is 1440. The van der Waals surface area contributed by atoms with Crippen LogP contribution in [0.15, 0.2) is 59.4 Å². The molecular weight excluding hydrogens is 521 g/mol. The quantitative estimate of drug-likeness (QED) is 0.218. The van der Waals surface area contributed by atoms with Gasteiger partial charge in [0, 0.05) is 12.6 Å². The number of aromatic nitrogens is 1. The molecule has 0 amide bonds. The van der Waals surface area contributed by atoms with E-state index in [0.29, 0.717) is 24.2 Å². The Morgan fingerprint density at radius 2 is 1.76 bits per heavy atom. The van der Waals surface area contributed by atoms with Crippen molar-refractivity contribution in [1.82, 2.24) is 9.88 Å². The molecule has 1 heterocycles. The van der Waals surface area contributed by atoms with Crippen LogP contribution < -0.4 is 16.6 Å². The molecule has 7 nitrogen and oxygen atoms in total. The van der Waals surface area contributed by atoms with Gasteiger partial charge in [-0.05, 0) is 81.0 Å². The summed E-state index contributed by atoms with van der Waals surface area (Å²) in [4.78, 5) is 38.9. The van der Waals surface area contributed by atoms with E-state index in [1.807, 2.05) is 19.1 Å². The highest BCUT2D eigenvalue weighted by Gasteiger charge is 2.42. The number of halogens is 1. The summed E-state index contributed by atoms with van der Waals surface area (Å²) in [5, 5.41) is 3.49. The average molecular weight is 562 g/mol. The standard InChI is InChI=1S/C33H40FN3O4/c1-4-5-8-23(3)41-32(40)33(18-6-7-19-33)36-20-17-24-10-12-25(13-11-24)37-29(38)16-15-27(31(37)35)30(39)26-14-9-22(2)21-28(26)34/h9-16,21,23,36H,4-8,17-20,35H2,1-3H3. The molecule has 1 saturated carbocycles. The van der Waals surface area contributed by atoms with Gasteiger partial charge in [0.05, 0.1) is 22.9 Å². The molecule has 0 aliphatic heterocycles. The van der Waals surface area contributed by atoms with Crippen LogP contribution in [0.5, 0.6) is 0 Å². The van der Waals surface area contributed by atoms with Gasteiger partial charge in [0.25, 0.3) is 5.56 Å². The van der Waals surface area contributed by atoms with Crippen molar-refractivity contribution in [3.05, 3.63) is 93.0 Å². The average Bonchev–Trinajstić information content (AvgIpc) is 3.43. The second kappa shape index (κ2) is 13.3. The Morgan fingerprint density at radius 3 is 2.41 bits per heavy atom. The number of esters is 1. The lowest BCUT2D eigenvalue weighted by atomic mass is 9.97. The minimum absolute atomic E-state index is 0.0493. The summed E-state index contributed by atoms with van der Waals surface area (Å²) in [7, 11) is 0. The van der Waals surface area contributed by atoms with Crippen LogP contribution in [0.3, 0.4) is 0 Å². The molecule has 1 fully saturated rings. The van der Waals surface area contributed by atoms with Crippen molar-refractivity contribution in [2.75, 3.05) is 12.3 Å². The third kappa shape index (κ3) is 6.93. The molecule has 3 N–H and O–H groups in total. The van der Waals surface area contributed by atoms with Gasteiger partial charge in [-0.15, -0.1) is 0 Å². The van der Waals surface area contributed by atoms with Crippen molar-refractivity contribution >= 4 is 17.6 Å². The summed E-state index contributed by atoms with van der Waals surface area (Å²) in [6.45, 7) is 6.43. The Hall–Kier alpha value is -3.78. The molecule has 1 aliphatic rings. The molecule has 1 atom stereocenters. The number of rotatable bonds is 12. The first-order chi connectivity index (χ1) is 19.6. The topological polar surface area (TPSA) is 103 Å². The van der Waals surface area contributed by atoms with Crippen LogP contribution in [-0.2, 0) is 16.0 Å². The van der Waals surface area contributed by atoms with Crippen molar-refractivity contribution in [1.29, 1.82) is 0 Å². The molecule has 41 heavy (non-hydrogen) atoms. The van der Waals surface area contributed by atoms with Gasteiger partial charge in [-0.25, -0.2) is 4.39 Å². The fraction of sp³-hybridized carbons (Fsp3) is 0.424. The highest BCUT2D eigenvalue weighted by atomic mass is 19.1. The second-order valence-corrected chi connectivity index (χ2v) is 11.1. The summed E-state index contributed by atoms with van der Waals surface area (Å²) >= 11 is 0. The summed E-state index contributed by atoms with van der Waals surface area (Å²) in [5.41, 5.74) is 7.43. The van der Waals surface area contributed by atoms with Crippen molar-refractivity contribution in [2.24, 2.45) is 0 Å². The molecule has 0 radical (unpaired) electrons. The number of carbonyl (C=O) groups excluding carboxylic acids is 2. The Kier molecular flexibility index (Phi) is 9.76. The van der Waals surface area contributed by atoms with Gasteiger partial charge in [0.2, 0.25) is 0 Å². The monoisotopic (exact) mass is 561 g/mol. The number of unbranched alkanes of at least 4 members (excludes halogenated alkanes) is 1. The lowest BCUT2D eigenvalue weighted by Crippen LogP contribution is -2.52. The molecule has 8 heteroatoms. The second-order valence-electron chi connectivity index (χ2n) is 11.1. The first-order valence-corrected chi connectivity index (χ1v) is 14.5. The number of aryl methyl sites for hydroxylation is 1. The molecule has 0 saturated heterocycles. The lowest BCUT2D eigenvalue weighted by Gasteiger charge is -2.30. The third-order valence-corrected chi connectivity index (χ3v) is 7.94. The van der Waals surface area contributed by atoms with Gasteiger partial charge in [-0.2, -0.15) is 0 Å². The largest absolute Gasteiger partial charge is 0.461 e. The highest BCUT2D eigenvalue weighted by Crippen LogP contribution is 2.31. The van der Waals surface area contributed by atoms with Crippen molar-refractivity contribution < 1.29 is 18.7 Å². The number of pyridine rings is 1. The van der Waals surface area contributed by atoms with Gasteiger partial charge in [-0.1, -0.05) is 50.8 Å². The van der Waals surface area contributed by atoms with Crippen molar-refractivity contribution in [3.8, 4) is 5.69 Å².